The Labute approximate surface area is 112 Å². The van der Waals surface area contributed by atoms with Crippen LogP contribution in [-0.4, -0.2) is 31.1 Å². The molecule has 1 aromatic rings. The molecule has 1 rings (SSSR count). The molecular formula is C12H11BrO5. The largest absolute Gasteiger partial charge is 0.493 e. The number of aliphatic carboxylic acids is 1. The summed E-state index contributed by atoms with van der Waals surface area (Å²) in [5, 5.41) is 8.46. The number of hydrogen-bond acceptors (Lipinski definition) is 4. The van der Waals surface area contributed by atoms with Crippen LogP contribution in [0.15, 0.2) is 22.7 Å². The van der Waals surface area contributed by atoms with Gasteiger partial charge in [0.25, 0.3) is 5.78 Å². The SMILES string of the molecule is COc1cc(Br)c(/C=C/C(=O)C(=O)O)cc1OC. The summed E-state index contributed by atoms with van der Waals surface area (Å²) in [6.07, 6.45) is 2.37. The van der Waals surface area contributed by atoms with Crippen LogP contribution in [0.2, 0.25) is 0 Å². The van der Waals surface area contributed by atoms with Gasteiger partial charge in [-0.3, -0.25) is 4.79 Å². The Morgan fingerprint density at radius 2 is 1.78 bits per heavy atom. The fourth-order valence-electron chi connectivity index (χ4n) is 1.23. The molecule has 0 aliphatic carbocycles. The zero-order chi connectivity index (χ0) is 13.7. The van der Waals surface area contributed by atoms with E-state index in [1.165, 1.54) is 20.3 Å². The highest BCUT2D eigenvalue weighted by molar-refractivity contribution is 9.10. The van der Waals surface area contributed by atoms with Gasteiger partial charge in [0, 0.05) is 4.47 Å². The van der Waals surface area contributed by atoms with Gasteiger partial charge in [0.2, 0.25) is 0 Å². The highest BCUT2D eigenvalue weighted by atomic mass is 79.9. The van der Waals surface area contributed by atoms with E-state index >= 15 is 0 Å². The van der Waals surface area contributed by atoms with E-state index in [1.54, 1.807) is 12.1 Å². The number of hydrogen-bond donors (Lipinski definition) is 1. The molecule has 0 aromatic heterocycles. The zero-order valence-electron chi connectivity index (χ0n) is 9.77. The van der Waals surface area contributed by atoms with E-state index in [1.807, 2.05) is 0 Å². The molecule has 96 valence electrons. The summed E-state index contributed by atoms with van der Waals surface area (Å²) < 4.78 is 10.9. The Balaban J connectivity index is 3.10. The molecule has 0 amide bonds. The van der Waals surface area contributed by atoms with Crippen molar-refractivity contribution in [3.05, 3.63) is 28.2 Å². The lowest BCUT2D eigenvalue weighted by Gasteiger charge is -2.09. The first kappa shape index (κ1) is 14.2. The molecule has 18 heavy (non-hydrogen) atoms. The predicted molar refractivity (Wildman–Crippen MR) is 68.9 cm³/mol. The third-order valence-electron chi connectivity index (χ3n) is 2.13. The molecule has 0 fully saturated rings. The molecule has 1 N–H and O–H groups in total. The highest BCUT2D eigenvalue weighted by Crippen LogP contribution is 2.33. The van der Waals surface area contributed by atoms with Gasteiger partial charge in [-0.2, -0.15) is 0 Å². The lowest BCUT2D eigenvalue weighted by atomic mass is 10.1. The molecule has 6 heteroatoms. The average Bonchev–Trinajstić information content (AvgIpc) is 2.36. The summed E-state index contributed by atoms with van der Waals surface area (Å²) in [6.45, 7) is 0. The van der Waals surface area contributed by atoms with Crippen molar-refractivity contribution in [2.75, 3.05) is 14.2 Å². The molecular weight excluding hydrogens is 304 g/mol. The van der Waals surface area contributed by atoms with Gasteiger partial charge in [-0.1, -0.05) is 15.9 Å². The molecule has 0 unspecified atom stereocenters. The van der Waals surface area contributed by atoms with Crippen LogP contribution in [0.4, 0.5) is 0 Å². The normalized spacial score (nSPS) is 10.4. The Kier molecular flexibility index (Phi) is 4.91. The zero-order valence-corrected chi connectivity index (χ0v) is 11.4. The van der Waals surface area contributed by atoms with Crippen molar-refractivity contribution in [1.29, 1.82) is 0 Å². The van der Waals surface area contributed by atoms with E-state index in [0.29, 0.717) is 21.5 Å². The number of carbonyl (C=O) groups is 2. The summed E-state index contributed by atoms with van der Waals surface area (Å²) in [4.78, 5) is 21.3. The minimum atomic E-state index is -1.50. The fraction of sp³-hybridized carbons (Fsp3) is 0.167. The molecule has 0 aliphatic heterocycles. The Bertz CT molecular complexity index is 507. The van der Waals surface area contributed by atoms with Crippen LogP contribution in [0.25, 0.3) is 6.08 Å². The molecule has 0 atom stereocenters. The van der Waals surface area contributed by atoms with Crippen molar-refractivity contribution in [2.24, 2.45) is 0 Å². The Hall–Kier alpha value is -1.82. The number of benzene rings is 1. The van der Waals surface area contributed by atoms with E-state index in [-0.39, 0.29) is 0 Å². The topological polar surface area (TPSA) is 72.8 Å². The average molecular weight is 315 g/mol. The van der Waals surface area contributed by atoms with E-state index in [9.17, 15) is 9.59 Å². The second-order valence-corrected chi connectivity index (χ2v) is 4.09. The number of ether oxygens (including phenoxy) is 2. The molecule has 0 aliphatic rings. The number of ketones is 1. The highest BCUT2D eigenvalue weighted by Gasteiger charge is 2.10. The molecule has 0 bridgehead atoms. The monoisotopic (exact) mass is 314 g/mol. The van der Waals surface area contributed by atoms with Gasteiger partial charge in [0.1, 0.15) is 0 Å². The van der Waals surface area contributed by atoms with Crippen molar-refractivity contribution in [1.82, 2.24) is 0 Å². The number of halogens is 1. The van der Waals surface area contributed by atoms with Crippen LogP contribution >= 0.6 is 15.9 Å². The van der Waals surface area contributed by atoms with Crippen LogP contribution in [0, 0.1) is 0 Å². The Morgan fingerprint density at radius 1 is 1.22 bits per heavy atom. The second-order valence-electron chi connectivity index (χ2n) is 3.23. The molecule has 0 saturated carbocycles. The summed E-state index contributed by atoms with van der Waals surface area (Å²) in [6, 6.07) is 3.30. The van der Waals surface area contributed by atoms with E-state index in [2.05, 4.69) is 15.9 Å². The summed E-state index contributed by atoms with van der Waals surface area (Å²) in [5.41, 5.74) is 0.613. The van der Waals surface area contributed by atoms with E-state index < -0.39 is 11.8 Å². The number of methoxy groups -OCH3 is 2. The standard InChI is InChI=1S/C12H11BrO5/c1-17-10-5-7(3-4-9(14)12(15)16)8(13)6-11(10)18-2/h3-6H,1-2H3,(H,15,16)/b4-3+. The van der Waals surface area contributed by atoms with Gasteiger partial charge in [-0.25, -0.2) is 4.79 Å². The van der Waals surface area contributed by atoms with Crippen LogP contribution in [0.3, 0.4) is 0 Å². The van der Waals surface area contributed by atoms with Gasteiger partial charge in [0.05, 0.1) is 14.2 Å². The van der Waals surface area contributed by atoms with Gasteiger partial charge in [0.15, 0.2) is 11.5 Å². The third-order valence-corrected chi connectivity index (χ3v) is 2.81. The van der Waals surface area contributed by atoms with Gasteiger partial charge in [-0.05, 0) is 29.8 Å². The number of rotatable bonds is 5. The number of carbonyl (C=O) groups excluding carboxylic acids is 1. The number of carboxylic acids is 1. The van der Waals surface area contributed by atoms with E-state index in [0.717, 1.165) is 6.08 Å². The summed E-state index contributed by atoms with van der Waals surface area (Å²) in [5.74, 6) is -1.46. The van der Waals surface area contributed by atoms with Crippen molar-refractivity contribution in [3.63, 3.8) is 0 Å². The summed E-state index contributed by atoms with van der Waals surface area (Å²) >= 11 is 3.29. The Morgan fingerprint density at radius 3 is 2.28 bits per heavy atom. The maximum atomic E-state index is 10.9. The molecule has 0 spiro atoms. The molecule has 5 nitrogen and oxygen atoms in total. The second kappa shape index (κ2) is 6.20. The van der Waals surface area contributed by atoms with Crippen LogP contribution < -0.4 is 9.47 Å². The first-order chi connectivity index (χ1) is 8.49. The van der Waals surface area contributed by atoms with Crippen LogP contribution in [0.5, 0.6) is 11.5 Å². The molecule has 1 aromatic carbocycles. The first-order valence-electron chi connectivity index (χ1n) is 4.86. The lowest BCUT2D eigenvalue weighted by Crippen LogP contribution is -2.08. The molecule has 0 heterocycles. The van der Waals surface area contributed by atoms with Gasteiger partial charge in [-0.15, -0.1) is 0 Å². The van der Waals surface area contributed by atoms with Crippen molar-refractivity contribution in [2.45, 2.75) is 0 Å². The fourth-order valence-corrected chi connectivity index (χ4v) is 1.69. The maximum absolute atomic E-state index is 10.9. The van der Waals surface area contributed by atoms with Gasteiger partial charge >= 0.3 is 5.97 Å². The summed E-state index contributed by atoms with van der Waals surface area (Å²) in [7, 11) is 3.00. The van der Waals surface area contributed by atoms with Gasteiger partial charge < -0.3 is 14.6 Å². The lowest BCUT2D eigenvalue weighted by molar-refractivity contribution is -0.146. The molecule has 0 saturated heterocycles. The van der Waals surface area contributed by atoms with Crippen molar-refractivity contribution < 1.29 is 24.2 Å². The molecule has 0 radical (unpaired) electrons. The minimum absolute atomic E-state index is 0.489. The number of carboxylic acid groups (broad SMARTS) is 1. The third kappa shape index (κ3) is 3.33. The van der Waals surface area contributed by atoms with Crippen LogP contribution in [0.1, 0.15) is 5.56 Å². The minimum Gasteiger partial charge on any atom is -0.493 e. The quantitative estimate of drug-likeness (QED) is 0.666. The predicted octanol–water partition coefficient (Wildman–Crippen LogP) is 2.13. The van der Waals surface area contributed by atoms with E-state index in [4.69, 9.17) is 14.6 Å². The van der Waals surface area contributed by atoms with Crippen molar-refractivity contribution >= 4 is 33.8 Å². The smallest absolute Gasteiger partial charge is 0.376 e. The first-order valence-corrected chi connectivity index (χ1v) is 5.65. The maximum Gasteiger partial charge on any atom is 0.376 e. The van der Waals surface area contributed by atoms with Crippen molar-refractivity contribution in [3.8, 4) is 11.5 Å². The van der Waals surface area contributed by atoms with Crippen LogP contribution in [-0.2, 0) is 9.59 Å².